The van der Waals surface area contributed by atoms with E-state index in [9.17, 15) is 4.79 Å². The van der Waals surface area contributed by atoms with Crippen LogP contribution in [0, 0.1) is 0 Å². The molecule has 2 heterocycles. The fourth-order valence-electron chi connectivity index (χ4n) is 3.06. The van der Waals surface area contributed by atoms with Gasteiger partial charge in [0.2, 0.25) is 5.91 Å². The Bertz CT molecular complexity index is 500. The smallest absolute Gasteiger partial charge is 0.241 e. The molecular weight excluding hydrogens is 288 g/mol. The average Bonchev–Trinajstić information content (AvgIpc) is 2.78. The van der Waals surface area contributed by atoms with Crippen LogP contribution < -0.4 is 5.32 Å². The molecule has 3 unspecified atom stereocenters. The fourth-order valence-corrected chi connectivity index (χ4v) is 3.19. The molecule has 0 spiro atoms. The average molecular weight is 309 g/mol. The van der Waals surface area contributed by atoms with E-state index in [0.29, 0.717) is 11.6 Å². The monoisotopic (exact) mass is 308 g/mol. The molecule has 1 N–H and O–H groups in total. The zero-order valence-corrected chi connectivity index (χ0v) is 13.0. The van der Waals surface area contributed by atoms with Gasteiger partial charge in [-0.1, -0.05) is 23.7 Å². The van der Waals surface area contributed by atoms with E-state index >= 15 is 0 Å². The summed E-state index contributed by atoms with van der Waals surface area (Å²) in [4.78, 5) is 14.3. The number of halogens is 1. The molecule has 1 aromatic carbocycles. The minimum Gasteiger partial charge on any atom is -0.376 e. The van der Waals surface area contributed by atoms with Crippen molar-refractivity contribution in [3.05, 3.63) is 34.9 Å². The highest BCUT2D eigenvalue weighted by molar-refractivity contribution is 6.30. The molecule has 2 aliphatic rings. The van der Waals surface area contributed by atoms with E-state index in [1.54, 1.807) is 0 Å². The molecule has 2 saturated heterocycles. The number of hydrogen-bond donors (Lipinski definition) is 1. The van der Waals surface area contributed by atoms with Crippen LogP contribution in [0.15, 0.2) is 24.3 Å². The molecule has 2 fully saturated rings. The summed E-state index contributed by atoms with van der Waals surface area (Å²) in [5, 5.41) is 4.06. The van der Waals surface area contributed by atoms with Gasteiger partial charge < -0.3 is 9.64 Å². The van der Waals surface area contributed by atoms with Crippen LogP contribution in [-0.4, -0.2) is 36.1 Å². The SMILES string of the molecule is CC1NC(c2ccc(Cl)cc2)N(CC2CCCCO2)C1=O. The molecule has 1 amide bonds. The normalized spacial score (nSPS) is 29.9. The molecule has 114 valence electrons. The van der Waals surface area contributed by atoms with Gasteiger partial charge in [0.25, 0.3) is 0 Å². The van der Waals surface area contributed by atoms with E-state index < -0.39 is 0 Å². The highest BCUT2D eigenvalue weighted by atomic mass is 35.5. The minimum atomic E-state index is -0.158. The highest BCUT2D eigenvalue weighted by Gasteiger charge is 2.38. The first-order chi connectivity index (χ1) is 10.1. The van der Waals surface area contributed by atoms with Gasteiger partial charge in [-0.25, -0.2) is 0 Å². The molecule has 21 heavy (non-hydrogen) atoms. The van der Waals surface area contributed by atoms with Crippen molar-refractivity contribution < 1.29 is 9.53 Å². The van der Waals surface area contributed by atoms with Crippen molar-refractivity contribution >= 4 is 17.5 Å². The van der Waals surface area contributed by atoms with E-state index in [1.807, 2.05) is 36.1 Å². The molecular formula is C16H21ClN2O2. The number of carbonyl (C=O) groups excluding carboxylic acids is 1. The van der Waals surface area contributed by atoms with Gasteiger partial charge in [-0.05, 0) is 43.9 Å². The molecule has 0 saturated carbocycles. The van der Waals surface area contributed by atoms with Crippen LogP contribution in [-0.2, 0) is 9.53 Å². The van der Waals surface area contributed by atoms with Gasteiger partial charge >= 0.3 is 0 Å². The molecule has 5 heteroatoms. The van der Waals surface area contributed by atoms with Crippen molar-refractivity contribution in [3.8, 4) is 0 Å². The van der Waals surface area contributed by atoms with Crippen LogP contribution in [0.2, 0.25) is 5.02 Å². The second-order valence-corrected chi connectivity index (χ2v) is 6.26. The first-order valence-electron chi connectivity index (χ1n) is 7.59. The quantitative estimate of drug-likeness (QED) is 0.933. The Kier molecular flexibility index (Phi) is 4.48. The van der Waals surface area contributed by atoms with Gasteiger partial charge in [-0.15, -0.1) is 0 Å². The predicted octanol–water partition coefficient (Wildman–Crippen LogP) is 2.73. The molecule has 0 aromatic heterocycles. The van der Waals surface area contributed by atoms with Gasteiger partial charge in [-0.2, -0.15) is 0 Å². The van der Waals surface area contributed by atoms with Gasteiger partial charge in [0.1, 0.15) is 6.17 Å². The molecule has 4 nitrogen and oxygen atoms in total. The number of carbonyl (C=O) groups is 1. The van der Waals surface area contributed by atoms with Crippen LogP contribution >= 0.6 is 11.6 Å². The van der Waals surface area contributed by atoms with Gasteiger partial charge in [-0.3, -0.25) is 10.1 Å². The fraction of sp³-hybridized carbons (Fsp3) is 0.562. The third kappa shape index (κ3) is 3.23. The zero-order chi connectivity index (χ0) is 14.8. The van der Waals surface area contributed by atoms with Crippen molar-refractivity contribution in [2.45, 2.75) is 44.5 Å². The standard InChI is InChI=1S/C16H21ClN2O2/c1-11-16(20)19(10-14-4-2-3-9-21-14)15(18-11)12-5-7-13(17)8-6-12/h5-8,11,14-15,18H,2-4,9-10H2,1H3. The summed E-state index contributed by atoms with van der Waals surface area (Å²) in [6.07, 6.45) is 3.41. The van der Waals surface area contributed by atoms with Crippen LogP contribution in [0.25, 0.3) is 0 Å². The van der Waals surface area contributed by atoms with E-state index in [0.717, 1.165) is 25.0 Å². The first-order valence-corrected chi connectivity index (χ1v) is 7.96. The lowest BCUT2D eigenvalue weighted by atomic mass is 10.1. The number of rotatable bonds is 3. The largest absolute Gasteiger partial charge is 0.376 e. The van der Waals surface area contributed by atoms with Gasteiger partial charge in [0.05, 0.1) is 12.1 Å². The Morgan fingerprint density at radius 2 is 2.10 bits per heavy atom. The van der Waals surface area contributed by atoms with Gasteiger partial charge in [0, 0.05) is 18.2 Å². The molecule has 0 aliphatic carbocycles. The summed E-state index contributed by atoms with van der Waals surface area (Å²) in [7, 11) is 0. The Hall–Kier alpha value is -1.10. The number of ether oxygens (including phenoxy) is 1. The third-order valence-corrected chi connectivity index (χ3v) is 4.49. The molecule has 2 aliphatic heterocycles. The molecule has 0 bridgehead atoms. The van der Waals surface area contributed by atoms with Gasteiger partial charge in [0.15, 0.2) is 0 Å². The van der Waals surface area contributed by atoms with Crippen molar-refractivity contribution in [3.63, 3.8) is 0 Å². The number of benzene rings is 1. The second kappa shape index (κ2) is 6.34. The lowest BCUT2D eigenvalue weighted by Crippen LogP contribution is -2.39. The molecule has 3 rings (SSSR count). The summed E-state index contributed by atoms with van der Waals surface area (Å²) in [6.45, 7) is 3.37. The molecule has 0 radical (unpaired) electrons. The maximum absolute atomic E-state index is 12.4. The highest BCUT2D eigenvalue weighted by Crippen LogP contribution is 2.28. The lowest BCUT2D eigenvalue weighted by Gasteiger charge is -2.31. The van der Waals surface area contributed by atoms with Crippen molar-refractivity contribution in [1.29, 1.82) is 0 Å². The Labute approximate surface area is 130 Å². The zero-order valence-electron chi connectivity index (χ0n) is 12.2. The summed E-state index contributed by atoms with van der Waals surface area (Å²) in [5.41, 5.74) is 1.06. The molecule has 1 aromatic rings. The predicted molar refractivity (Wildman–Crippen MR) is 82.1 cm³/mol. The Balaban J connectivity index is 1.77. The number of nitrogens with zero attached hydrogens (tertiary/aromatic N) is 1. The van der Waals surface area contributed by atoms with E-state index in [-0.39, 0.29) is 24.2 Å². The summed E-state index contributed by atoms with van der Waals surface area (Å²) in [6, 6.07) is 7.51. The van der Waals surface area contributed by atoms with Crippen LogP contribution in [0.3, 0.4) is 0 Å². The molecule has 3 atom stereocenters. The second-order valence-electron chi connectivity index (χ2n) is 5.82. The van der Waals surface area contributed by atoms with Crippen LogP contribution in [0.1, 0.15) is 37.9 Å². The first kappa shape index (κ1) is 14.8. The Morgan fingerprint density at radius 3 is 2.76 bits per heavy atom. The number of nitrogens with one attached hydrogen (secondary N) is 1. The maximum Gasteiger partial charge on any atom is 0.241 e. The lowest BCUT2D eigenvalue weighted by molar-refractivity contribution is -0.132. The van der Waals surface area contributed by atoms with E-state index in [1.165, 1.54) is 6.42 Å². The minimum absolute atomic E-state index is 0.0877. The van der Waals surface area contributed by atoms with E-state index in [4.69, 9.17) is 16.3 Å². The van der Waals surface area contributed by atoms with Crippen molar-refractivity contribution in [1.82, 2.24) is 10.2 Å². The summed E-state index contributed by atoms with van der Waals surface area (Å²) < 4.78 is 5.78. The maximum atomic E-state index is 12.4. The third-order valence-electron chi connectivity index (χ3n) is 4.23. The summed E-state index contributed by atoms with van der Waals surface area (Å²) in [5.74, 6) is 0.143. The van der Waals surface area contributed by atoms with Crippen molar-refractivity contribution in [2.75, 3.05) is 13.2 Å². The van der Waals surface area contributed by atoms with Crippen LogP contribution in [0.5, 0.6) is 0 Å². The number of hydrogen-bond acceptors (Lipinski definition) is 3. The van der Waals surface area contributed by atoms with Crippen LogP contribution in [0.4, 0.5) is 0 Å². The number of amides is 1. The van der Waals surface area contributed by atoms with Crippen molar-refractivity contribution in [2.24, 2.45) is 0 Å². The Morgan fingerprint density at radius 1 is 1.33 bits per heavy atom. The topological polar surface area (TPSA) is 41.6 Å². The summed E-state index contributed by atoms with van der Waals surface area (Å²) >= 11 is 5.95. The van der Waals surface area contributed by atoms with E-state index in [2.05, 4.69) is 5.32 Å².